The van der Waals surface area contributed by atoms with Crippen molar-refractivity contribution < 1.29 is 17.8 Å². The second-order valence-electron chi connectivity index (χ2n) is 5.82. The van der Waals surface area contributed by atoms with Crippen molar-refractivity contribution in [2.75, 3.05) is 23.5 Å². The maximum atomic E-state index is 13.6. The molecule has 0 aliphatic heterocycles. The minimum Gasteiger partial charge on any atom is -0.497 e. The molecule has 152 valence electrons. The number of methoxy groups -OCH3 is 1. The van der Waals surface area contributed by atoms with Gasteiger partial charge in [0.2, 0.25) is 11.9 Å². The van der Waals surface area contributed by atoms with Crippen LogP contribution in [0.1, 0.15) is 5.56 Å². The van der Waals surface area contributed by atoms with E-state index in [4.69, 9.17) is 20.6 Å². The predicted octanol–water partition coefficient (Wildman–Crippen LogP) is 5.05. The minimum atomic E-state index is -0.750. The molecule has 0 fully saturated rings. The third-order valence-corrected chi connectivity index (χ3v) is 4.77. The highest BCUT2D eigenvalue weighted by atomic mass is 35.5. The van der Waals surface area contributed by atoms with Crippen LogP contribution in [0.5, 0.6) is 5.75 Å². The quantitative estimate of drug-likeness (QED) is 0.211. The van der Waals surface area contributed by atoms with E-state index in [9.17, 15) is 8.78 Å². The highest BCUT2D eigenvalue weighted by molar-refractivity contribution is 7.96. The van der Waals surface area contributed by atoms with Gasteiger partial charge in [-0.15, -0.1) is 0 Å². The van der Waals surface area contributed by atoms with Crippen molar-refractivity contribution >= 4 is 35.3 Å². The third kappa shape index (κ3) is 5.69. The Morgan fingerprint density at radius 3 is 2.55 bits per heavy atom. The van der Waals surface area contributed by atoms with Crippen molar-refractivity contribution in [2.45, 2.75) is 6.54 Å². The normalized spacial score (nSPS) is 10.7. The Kier molecular flexibility index (Phi) is 7.08. The zero-order valence-electron chi connectivity index (χ0n) is 15.6. The van der Waals surface area contributed by atoms with Crippen LogP contribution in [0.25, 0.3) is 0 Å². The summed E-state index contributed by atoms with van der Waals surface area (Å²) in [5.74, 6) is -0.365. The zero-order chi connectivity index (χ0) is 20.8. The van der Waals surface area contributed by atoms with Gasteiger partial charge >= 0.3 is 0 Å². The lowest BCUT2D eigenvalue weighted by Gasteiger charge is -2.24. The number of nitrogens with zero attached hydrogens (tertiary/aromatic N) is 4. The number of anilines is 2. The van der Waals surface area contributed by atoms with Crippen LogP contribution in [0.2, 0.25) is 5.02 Å². The van der Waals surface area contributed by atoms with E-state index in [0.29, 0.717) is 12.2 Å². The number of rotatable bonds is 8. The van der Waals surface area contributed by atoms with Crippen molar-refractivity contribution in [3.05, 3.63) is 77.2 Å². The van der Waals surface area contributed by atoms with E-state index >= 15 is 0 Å². The van der Waals surface area contributed by atoms with Crippen molar-refractivity contribution in [2.24, 2.45) is 0 Å². The number of benzene rings is 1. The van der Waals surface area contributed by atoms with Gasteiger partial charge in [0.25, 0.3) is 0 Å². The van der Waals surface area contributed by atoms with Gasteiger partial charge in [0.1, 0.15) is 18.0 Å². The summed E-state index contributed by atoms with van der Waals surface area (Å²) in [5.41, 5.74) is 1.42. The Bertz CT molecular complexity index is 965. The average Bonchev–Trinajstić information content (AvgIpc) is 2.73. The van der Waals surface area contributed by atoms with Crippen LogP contribution in [0, 0.1) is 11.9 Å². The molecule has 2 heterocycles. The van der Waals surface area contributed by atoms with E-state index in [0.717, 1.165) is 23.5 Å². The molecule has 0 amide bonds. The molecule has 10 heteroatoms. The Balaban J connectivity index is 1.76. The van der Waals surface area contributed by atoms with Crippen LogP contribution in [0.4, 0.5) is 20.3 Å². The molecule has 0 N–H and O–H groups in total. The van der Waals surface area contributed by atoms with Crippen molar-refractivity contribution in [1.29, 1.82) is 0 Å². The summed E-state index contributed by atoms with van der Waals surface area (Å²) in [6.07, 6.45) is 1.33. The largest absolute Gasteiger partial charge is 0.497 e. The van der Waals surface area contributed by atoms with E-state index in [1.807, 2.05) is 24.3 Å². The lowest BCUT2D eigenvalue weighted by Crippen LogP contribution is -2.24. The molecule has 0 saturated heterocycles. The van der Waals surface area contributed by atoms with Crippen LogP contribution in [0.15, 0.2) is 54.7 Å². The van der Waals surface area contributed by atoms with Gasteiger partial charge in [-0.1, -0.05) is 29.8 Å². The fourth-order valence-electron chi connectivity index (χ4n) is 2.30. The predicted molar refractivity (Wildman–Crippen MR) is 110 cm³/mol. The molecule has 0 bridgehead atoms. The molecular weight excluding hydrogens is 422 g/mol. The first-order valence-electron chi connectivity index (χ1n) is 8.39. The molecule has 3 aromatic rings. The van der Waals surface area contributed by atoms with E-state index in [1.54, 1.807) is 30.6 Å². The zero-order valence-corrected chi connectivity index (χ0v) is 17.1. The summed E-state index contributed by atoms with van der Waals surface area (Å²) >= 11 is 6.71. The Hall–Kier alpha value is -2.62. The summed E-state index contributed by atoms with van der Waals surface area (Å²) in [5, 5.41) is 1.33. The molecule has 0 radical (unpaired) electrons. The fraction of sp³-hybridized carbons (Fsp3) is 0.158. The molecule has 0 aliphatic rings. The third-order valence-electron chi connectivity index (χ3n) is 3.82. The van der Waals surface area contributed by atoms with E-state index < -0.39 is 11.9 Å². The van der Waals surface area contributed by atoms with Gasteiger partial charge in [0.15, 0.2) is 5.82 Å². The second kappa shape index (κ2) is 9.73. The maximum absolute atomic E-state index is 13.6. The fourth-order valence-corrected chi connectivity index (χ4v) is 2.95. The number of hydrogen-bond donors (Lipinski definition) is 0. The summed E-state index contributed by atoms with van der Waals surface area (Å²) in [6, 6.07) is 13.2. The van der Waals surface area contributed by atoms with Crippen molar-refractivity contribution in [3.8, 4) is 5.75 Å². The molecule has 1 aromatic carbocycles. The molecule has 0 aliphatic carbocycles. The van der Waals surface area contributed by atoms with Gasteiger partial charge in [0, 0.05) is 7.05 Å². The SMILES string of the molecule is COc1ccc(CN(OSN(C)c2cnc(F)c(Cl)c2)c2cccc(F)n2)cc1. The van der Waals surface area contributed by atoms with Gasteiger partial charge in [0.05, 0.1) is 30.6 Å². The number of pyridine rings is 2. The molecule has 0 saturated carbocycles. The Morgan fingerprint density at radius 1 is 1.14 bits per heavy atom. The van der Waals surface area contributed by atoms with Gasteiger partial charge in [-0.2, -0.15) is 13.1 Å². The smallest absolute Gasteiger partial charge is 0.231 e. The number of hydrogen-bond acceptors (Lipinski definition) is 7. The second-order valence-corrected chi connectivity index (χ2v) is 7.07. The molecule has 3 rings (SSSR count). The minimum absolute atomic E-state index is 0.100. The Morgan fingerprint density at radius 2 is 1.90 bits per heavy atom. The molecule has 0 unspecified atom stereocenters. The van der Waals surface area contributed by atoms with Gasteiger partial charge < -0.3 is 4.74 Å². The summed E-state index contributed by atoms with van der Waals surface area (Å²) in [4.78, 5) is 7.46. The van der Waals surface area contributed by atoms with Crippen LogP contribution in [-0.2, 0) is 10.8 Å². The number of hydroxylamine groups is 1. The van der Waals surface area contributed by atoms with Gasteiger partial charge in [-0.3, -0.25) is 4.31 Å². The lowest BCUT2D eigenvalue weighted by molar-refractivity contribution is 0.318. The first kappa shape index (κ1) is 21.1. The summed E-state index contributed by atoms with van der Waals surface area (Å²) in [7, 11) is 3.28. The molecular formula is C19H17ClF2N4O2S. The number of ether oxygens (including phenoxy) is 1. The highest BCUT2D eigenvalue weighted by Crippen LogP contribution is 2.27. The molecule has 2 aromatic heterocycles. The molecule has 6 nitrogen and oxygen atoms in total. The van der Waals surface area contributed by atoms with Gasteiger partial charge in [-0.05, 0) is 35.9 Å². The number of aromatic nitrogens is 2. The monoisotopic (exact) mass is 438 g/mol. The summed E-state index contributed by atoms with van der Waals surface area (Å²) in [6.45, 7) is 0.295. The first-order valence-corrected chi connectivity index (χ1v) is 9.46. The number of halogens is 3. The van der Waals surface area contributed by atoms with E-state index in [2.05, 4.69) is 9.97 Å². The van der Waals surface area contributed by atoms with Crippen molar-refractivity contribution in [1.82, 2.24) is 9.97 Å². The molecule has 0 spiro atoms. The van der Waals surface area contributed by atoms with Crippen LogP contribution >= 0.6 is 23.8 Å². The summed E-state index contributed by atoms with van der Waals surface area (Å²) < 4.78 is 39.4. The van der Waals surface area contributed by atoms with Crippen LogP contribution in [-0.4, -0.2) is 24.1 Å². The first-order chi connectivity index (χ1) is 14.0. The molecule has 0 atom stereocenters. The van der Waals surface area contributed by atoms with E-state index in [1.165, 1.54) is 23.4 Å². The topological polar surface area (TPSA) is 50.7 Å². The standard InChI is InChI=1S/C19H17ClF2N4O2S/c1-25(14-10-16(20)19(22)23-11-14)29-28-26(18-5-3-4-17(21)24-18)12-13-6-8-15(27-2)9-7-13/h3-11H,12H2,1-2H3. The van der Waals surface area contributed by atoms with Crippen LogP contribution < -0.4 is 14.1 Å². The average molecular weight is 439 g/mol. The maximum Gasteiger partial charge on any atom is 0.231 e. The lowest BCUT2D eigenvalue weighted by atomic mass is 10.2. The van der Waals surface area contributed by atoms with Gasteiger partial charge in [-0.25, -0.2) is 15.0 Å². The van der Waals surface area contributed by atoms with E-state index in [-0.39, 0.29) is 10.8 Å². The van der Waals surface area contributed by atoms with Crippen molar-refractivity contribution in [3.63, 3.8) is 0 Å². The molecule has 29 heavy (non-hydrogen) atoms. The highest BCUT2D eigenvalue weighted by Gasteiger charge is 2.15. The van der Waals surface area contributed by atoms with Crippen LogP contribution in [0.3, 0.4) is 0 Å². The Labute approximate surface area is 176 Å².